The summed E-state index contributed by atoms with van der Waals surface area (Å²) in [6, 6.07) is 14.6. The van der Waals surface area contributed by atoms with Crippen LogP contribution in [0.15, 0.2) is 72.8 Å². The number of carbonyl (C=O) groups excluding carboxylic acids is 3. The minimum absolute atomic E-state index is 0.0179. The van der Waals surface area contributed by atoms with Crippen LogP contribution >= 0.6 is 0 Å². The topological polar surface area (TPSA) is 132 Å². The van der Waals surface area contributed by atoms with Gasteiger partial charge >= 0.3 is 0 Å². The van der Waals surface area contributed by atoms with Gasteiger partial charge in [0, 0.05) is 16.7 Å². The summed E-state index contributed by atoms with van der Waals surface area (Å²) in [5, 5.41) is 37.2. The molecule has 0 aromatic heterocycles. The van der Waals surface area contributed by atoms with E-state index in [0.717, 1.165) is 6.07 Å². The first-order valence-electron chi connectivity index (χ1n) is 8.73. The third kappa shape index (κ3) is 4.05. The molecule has 7 heteroatoms. The SMILES string of the molecule is O=C(c1ccc(O)cc1)c1ccc(O)c(O)c1O.O=C1C=CC(=O)c2ccccc21. The summed E-state index contributed by atoms with van der Waals surface area (Å²) in [5.74, 6) is -2.61. The van der Waals surface area contributed by atoms with Gasteiger partial charge < -0.3 is 20.4 Å². The van der Waals surface area contributed by atoms with Crippen molar-refractivity contribution < 1.29 is 34.8 Å². The third-order valence-electron chi connectivity index (χ3n) is 4.35. The molecular formula is C23H16O7. The minimum atomic E-state index is -0.736. The first-order valence-corrected chi connectivity index (χ1v) is 8.73. The smallest absolute Gasteiger partial charge is 0.201 e. The lowest BCUT2D eigenvalue weighted by Crippen LogP contribution is -2.10. The molecule has 0 saturated carbocycles. The van der Waals surface area contributed by atoms with Crippen LogP contribution in [0, 0.1) is 0 Å². The Morgan fingerprint density at radius 3 is 1.70 bits per heavy atom. The zero-order valence-electron chi connectivity index (χ0n) is 15.4. The van der Waals surface area contributed by atoms with E-state index in [2.05, 4.69) is 0 Å². The Balaban J connectivity index is 0.000000184. The zero-order valence-corrected chi connectivity index (χ0v) is 15.4. The Morgan fingerprint density at radius 2 is 1.17 bits per heavy atom. The molecule has 3 aromatic rings. The van der Waals surface area contributed by atoms with Gasteiger partial charge in [0.05, 0.1) is 5.56 Å². The van der Waals surface area contributed by atoms with Gasteiger partial charge in [0.1, 0.15) is 5.75 Å². The number of rotatable bonds is 2. The molecule has 4 rings (SSSR count). The largest absolute Gasteiger partial charge is 0.508 e. The highest BCUT2D eigenvalue weighted by Gasteiger charge is 2.18. The van der Waals surface area contributed by atoms with Gasteiger partial charge in [-0.1, -0.05) is 24.3 Å². The standard InChI is InChI=1S/C13H10O5.C10H6O2/c14-8-3-1-7(2-4-8)11(16)9-5-6-10(15)13(18)12(9)17;11-9-5-6-10(12)8-4-2-1-3-7(8)9/h1-6,14-15,17-18H;1-6H. The van der Waals surface area contributed by atoms with Gasteiger partial charge in [-0.3, -0.25) is 14.4 Å². The van der Waals surface area contributed by atoms with E-state index in [9.17, 15) is 24.6 Å². The second kappa shape index (κ2) is 8.32. The van der Waals surface area contributed by atoms with Crippen LogP contribution in [0.3, 0.4) is 0 Å². The van der Waals surface area contributed by atoms with Crippen LogP contribution in [0.25, 0.3) is 0 Å². The van der Waals surface area contributed by atoms with Crippen LogP contribution in [0.1, 0.15) is 36.6 Å². The van der Waals surface area contributed by atoms with E-state index in [0.29, 0.717) is 11.1 Å². The minimum Gasteiger partial charge on any atom is -0.508 e. The van der Waals surface area contributed by atoms with Crippen molar-refractivity contribution in [3.05, 3.63) is 95.1 Å². The highest BCUT2D eigenvalue weighted by molar-refractivity contribution is 6.21. The Kier molecular flexibility index (Phi) is 5.64. The van der Waals surface area contributed by atoms with Gasteiger partial charge in [-0.2, -0.15) is 0 Å². The Morgan fingerprint density at radius 1 is 0.633 bits per heavy atom. The molecule has 0 bridgehead atoms. The molecule has 0 atom stereocenters. The molecular weight excluding hydrogens is 388 g/mol. The summed E-state index contributed by atoms with van der Waals surface area (Å²) in [5.41, 5.74) is 1.12. The number of hydrogen-bond acceptors (Lipinski definition) is 7. The van der Waals surface area contributed by atoms with Gasteiger partial charge in [0.15, 0.2) is 28.8 Å². The molecule has 0 aliphatic heterocycles. The molecule has 1 aliphatic rings. The van der Waals surface area contributed by atoms with E-state index in [1.54, 1.807) is 24.3 Å². The van der Waals surface area contributed by atoms with Crippen LogP contribution < -0.4 is 0 Å². The number of benzene rings is 3. The molecule has 0 spiro atoms. The second-order valence-electron chi connectivity index (χ2n) is 6.31. The van der Waals surface area contributed by atoms with Gasteiger partial charge in [-0.05, 0) is 48.6 Å². The van der Waals surface area contributed by atoms with Gasteiger partial charge in [-0.15, -0.1) is 0 Å². The van der Waals surface area contributed by atoms with Crippen molar-refractivity contribution in [2.24, 2.45) is 0 Å². The van der Waals surface area contributed by atoms with Gasteiger partial charge in [-0.25, -0.2) is 0 Å². The van der Waals surface area contributed by atoms with Crippen molar-refractivity contribution in [1.82, 2.24) is 0 Å². The summed E-state index contributed by atoms with van der Waals surface area (Å²) >= 11 is 0. The molecule has 3 aromatic carbocycles. The van der Waals surface area contributed by atoms with Crippen LogP contribution in [0.4, 0.5) is 0 Å². The van der Waals surface area contributed by atoms with E-state index in [1.807, 2.05) is 0 Å². The van der Waals surface area contributed by atoms with Crippen molar-refractivity contribution in [3.8, 4) is 23.0 Å². The predicted molar refractivity (Wildman–Crippen MR) is 107 cm³/mol. The van der Waals surface area contributed by atoms with Crippen molar-refractivity contribution in [3.63, 3.8) is 0 Å². The molecule has 1 aliphatic carbocycles. The van der Waals surface area contributed by atoms with E-state index in [4.69, 9.17) is 10.2 Å². The number of ketones is 3. The fraction of sp³-hybridized carbons (Fsp3) is 0. The number of phenolic OH excluding ortho intramolecular Hbond substituents is 4. The molecule has 0 fully saturated rings. The first kappa shape index (κ1) is 20.3. The Hall–Kier alpha value is -4.39. The lowest BCUT2D eigenvalue weighted by Gasteiger charge is -2.06. The fourth-order valence-corrected chi connectivity index (χ4v) is 2.76. The summed E-state index contributed by atoms with van der Waals surface area (Å²) in [4.78, 5) is 34.4. The average Bonchev–Trinajstić information content (AvgIpc) is 2.76. The maximum Gasteiger partial charge on any atom is 0.201 e. The lowest BCUT2D eigenvalue weighted by molar-refractivity contribution is 0.0994. The molecule has 30 heavy (non-hydrogen) atoms. The molecule has 150 valence electrons. The van der Waals surface area contributed by atoms with E-state index in [-0.39, 0.29) is 28.4 Å². The number of fused-ring (bicyclic) bond motifs is 1. The van der Waals surface area contributed by atoms with Crippen LogP contribution in [-0.2, 0) is 0 Å². The summed E-state index contributed by atoms with van der Waals surface area (Å²) < 4.78 is 0. The summed E-state index contributed by atoms with van der Waals surface area (Å²) in [6.07, 6.45) is 2.62. The number of hydrogen-bond donors (Lipinski definition) is 4. The van der Waals surface area contributed by atoms with E-state index >= 15 is 0 Å². The van der Waals surface area contributed by atoms with Crippen molar-refractivity contribution in [2.75, 3.05) is 0 Å². The van der Waals surface area contributed by atoms with Gasteiger partial charge in [0.25, 0.3) is 0 Å². The normalized spacial score (nSPS) is 12.0. The number of allylic oxidation sites excluding steroid dienone is 2. The fourth-order valence-electron chi connectivity index (χ4n) is 2.76. The number of aromatic hydroxyl groups is 4. The third-order valence-corrected chi connectivity index (χ3v) is 4.35. The zero-order chi connectivity index (χ0) is 21.8. The maximum atomic E-state index is 12.0. The molecule has 0 amide bonds. The van der Waals surface area contributed by atoms with Crippen molar-refractivity contribution >= 4 is 17.3 Å². The number of carbonyl (C=O) groups is 3. The molecule has 4 N–H and O–H groups in total. The molecule has 7 nitrogen and oxygen atoms in total. The highest BCUT2D eigenvalue weighted by Crippen LogP contribution is 2.37. The summed E-state index contributed by atoms with van der Waals surface area (Å²) in [6.45, 7) is 0. The maximum absolute atomic E-state index is 12.0. The van der Waals surface area contributed by atoms with Crippen molar-refractivity contribution in [1.29, 1.82) is 0 Å². The average molecular weight is 404 g/mol. The van der Waals surface area contributed by atoms with Crippen LogP contribution in [-0.4, -0.2) is 37.8 Å². The Labute approximate surface area is 170 Å². The van der Waals surface area contributed by atoms with E-state index in [1.165, 1.54) is 42.5 Å². The molecule has 0 saturated heterocycles. The molecule has 0 unspecified atom stereocenters. The van der Waals surface area contributed by atoms with E-state index < -0.39 is 23.0 Å². The van der Waals surface area contributed by atoms with Crippen LogP contribution in [0.2, 0.25) is 0 Å². The first-order chi connectivity index (χ1) is 14.3. The second-order valence-corrected chi connectivity index (χ2v) is 6.31. The predicted octanol–water partition coefficient (Wildman–Crippen LogP) is 3.36. The number of phenols is 4. The van der Waals surface area contributed by atoms with Gasteiger partial charge in [0.2, 0.25) is 5.75 Å². The van der Waals surface area contributed by atoms with Crippen LogP contribution in [0.5, 0.6) is 23.0 Å². The monoisotopic (exact) mass is 404 g/mol. The van der Waals surface area contributed by atoms with Crippen molar-refractivity contribution in [2.45, 2.75) is 0 Å². The summed E-state index contributed by atoms with van der Waals surface area (Å²) in [7, 11) is 0. The quantitative estimate of drug-likeness (QED) is 0.380. The molecule has 0 radical (unpaired) electrons. The lowest BCUT2D eigenvalue weighted by atomic mass is 9.95. The molecule has 0 heterocycles. The highest BCUT2D eigenvalue weighted by atomic mass is 16.3. The Bertz CT molecular complexity index is 1140.